The predicted molar refractivity (Wildman–Crippen MR) is 115 cm³/mol. The number of aromatic nitrogens is 4. The number of nitrogens with zero attached hydrogens (tertiary/aromatic N) is 5. The van der Waals surface area contributed by atoms with Gasteiger partial charge < -0.3 is 4.74 Å². The first-order valence-electron chi connectivity index (χ1n) is 11.0. The molecule has 30 heavy (non-hydrogen) atoms. The molecule has 0 aliphatic carbocycles. The van der Waals surface area contributed by atoms with Crippen molar-refractivity contribution in [2.75, 3.05) is 20.3 Å². The van der Waals surface area contributed by atoms with E-state index in [0.717, 1.165) is 50.2 Å². The summed E-state index contributed by atoms with van der Waals surface area (Å²) in [5, 5.41) is 5.29. The second-order valence-corrected chi connectivity index (χ2v) is 8.36. The Hall–Kier alpha value is -2.51. The van der Waals surface area contributed by atoms with Crippen molar-refractivity contribution in [2.24, 2.45) is 0 Å². The number of para-hydroxylation sites is 1. The van der Waals surface area contributed by atoms with Gasteiger partial charge >= 0.3 is 0 Å². The summed E-state index contributed by atoms with van der Waals surface area (Å²) < 4.78 is 9.30. The molecule has 2 aromatic heterocycles. The summed E-state index contributed by atoms with van der Waals surface area (Å²) in [6, 6.07) is 7.79. The van der Waals surface area contributed by atoms with Crippen LogP contribution in [-0.2, 0) is 30.8 Å². The normalized spacial score (nSPS) is 19.4. The van der Waals surface area contributed by atoms with E-state index in [4.69, 9.17) is 9.72 Å². The van der Waals surface area contributed by atoms with Crippen molar-refractivity contribution < 1.29 is 4.74 Å². The fourth-order valence-corrected chi connectivity index (χ4v) is 4.98. The quantitative estimate of drug-likeness (QED) is 0.629. The Labute approximate surface area is 176 Å². The van der Waals surface area contributed by atoms with Crippen LogP contribution in [0.1, 0.15) is 48.8 Å². The van der Waals surface area contributed by atoms with E-state index in [1.165, 1.54) is 24.1 Å². The Bertz CT molecular complexity index is 1100. The highest BCUT2D eigenvalue weighted by molar-refractivity contribution is 5.77. The van der Waals surface area contributed by atoms with Gasteiger partial charge in [-0.3, -0.25) is 18.9 Å². The molecule has 0 radical (unpaired) electrons. The van der Waals surface area contributed by atoms with E-state index in [0.29, 0.717) is 18.5 Å². The number of likely N-dealkylation sites (tertiary alicyclic amines) is 1. The summed E-state index contributed by atoms with van der Waals surface area (Å²) in [5.41, 5.74) is 3.52. The first-order chi connectivity index (χ1) is 14.8. The van der Waals surface area contributed by atoms with E-state index in [1.54, 1.807) is 7.11 Å². The molecule has 1 fully saturated rings. The number of methoxy groups -OCH3 is 1. The van der Waals surface area contributed by atoms with Gasteiger partial charge in [-0.15, -0.1) is 0 Å². The SMILES string of the molecule is COCCn1c(C2CCCN2Cc2cnn3c2CCCC3)nc2ccccc2c1=O. The van der Waals surface area contributed by atoms with Gasteiger partial charge in [0, 0.05) is 31.5 Å². The van der Waals surface area contributed by atoms with Gasteiger partial charge in [-0.2, -0.15) is 5.10 Å². The zero-order valence-corrected chi connectivity index (χ0v) is 17.6. The van der Waals surface area contributed by atoms with Crippen molar-refractivity contribution in [2.45, 2.75) is 57.8 Å². The lowest BCUT2D eigenvalue weighted by molar-refractivity contribution is 0.178. The van der Waals surface area contributed by atoms with Crippen LogP contribution in [0.4, 0.5) is 0 Å². The molecule has 3 aromatic rings. The predicted octanol–water partition coefficient (Wildman–Crippen LogP) is 2.91. The minimum absolute atomic E-state index is 0.0300. The minimum atomic E-state index is 0.0300. The van der Waals surface area contributed by atoms with Crippen molar-refractivity contribution >= 4 is 10.9 Å². The van der Waals surface area contributed by atoms with E-state index in [9.17, 15) is 4.79 Å². The Morgan fingerprint density at radius 1 is 1.17 bits per heavy atom. The molecule has 0 N–H and O–H groups in total. The molecule has 1 atom stereocenters. The van der Waals surface area contributed by atoms with Crippen LogP contribution in [0.5, 0.6) is 0 Å². The van der Waals surface area contributed by atoms with Crippen LogP contribution >= 0.6 is 0 Å². The number of fused-ring (bicyclic) bond motifs is 2. The van der Waals surface area contributed by atoms with Crippen molar-refractivity contribution in [3.63, 3.8) is 0 Å². The first-order valence-corrected chi connectivity index (χ1v) is 11.0. The third-order valence-corrected chi connectivity index (χ3v) is 6.51. The third-order valence-electron chi connectivity index (χ3n) is 6.51. The maximum Gasteiger partial charge on any atom is 0.261 e. The Morgan fingerprint density at radius 2 is 2.07 bits per heavy atom. The Balaban J connectivity index is 1.52. The molecule has 0 amide bonds. The van der Waals surface area contributed by atoms with Crippen LogP contribution < -0.4 is 5.56 Å². The van der Waals surface area contributed by atoms with Crippen molar-refractivity contribution in [3.8, 4) is 0 Å². The largest absolute Gasteiger partial charge is 0.383 e. The molecule has 1 unspecified atom stereocenters. The fraction of sp³-hybridized carbons (Fsp3) is 0.522. The lowest BCUT2D eigenvalue weighted by Gasteiger charge is -2.27. The third kappa shape index (κ3) is 3.46. The van der Waals surface area contributed by atoms with Gasteiger partial charge in [-0.1, -0.05) is 12.1 Å². The number of benzene rings is 1. The topological polar surface area (TPSA) is 65.2 Å². The molecule has 7 heteroatoms. The fourth-order valence-electron chi connectivity index (χ4n) is 4.98. The zero-order valence-electron chi connectivity index (χ0n) is 17.6. The van der Waals surface area contributed by atoms with Gasteiger partial charge in [0.1, 0.15) is 5.82 Å². The molecule has 0 bridgehead atoms. The number of aryl methyl sites for hydroxylation is 1. The van der Waals surface area contributed by atoms with Crippen LogP contribution in [-0.4, -0.2) is 44.5 Å². The molecule has 1 saturated heterocycles. The van der Waals surface area contributed by atoms with Gasteiger partial charge in [0.25, 0.3) is 5.56 Å². The van der Waals surface area contributed by atoms with Gasteiger partial charge in [-0.05, 0) is 50.8 Å². The van der Waals surface area contributed by atoms with Gasteiger partial charge in [0.15, 0.2) is 0 Å². The molecule has 1 aromatic carbocycles. The van der Waals surface area contributed by atoms with Gasteiger partial charge in [0.05, 0.1) is 36.3 Å². The molecule has 0 saturated carbocycles. The number of hydrogen-bond acceptors (Lipinski definition) is 5. The minimum Gasteiger partial charge on any atom is -0.383 e. The van der Waals surface area contributed by atoms with E-state index >= 15 is 0 Å². The van der Waals surface area contributed by atoms with E-state index in [-0.39, 0.29) is 11.6 Å². The van der Waals surface area contributed by atoms with Gasteiger partial charge in [-0.25, -0.2) is 4.98 Å². The monoisotopic (exact) mass is 407 g/mol. The van der Waals surface area contributed by atoms with Crippen LogP contribution in [0.15, 0.2) is 35.3 Å². The molecule has 2 aliphatic rings. The van der Waals surface area contributed by atoms with Crippen molar-refractivity contribution in [3.05, 3.63) is 57.9 Å². The molecular weight excluding hydrogens is 378 g/mol. The highest BCUT2D eigenvalue weighted by atomic mass is 16.5. The van der Waals surface area contributed by atoms with Crippen LogP contribution in [0.2, 0.25) is 0 Å². The highest BCUT2D eigenvalue weighted by Crippen LogP contribution is 2.33. The Morgan fingerprint density at radius 3 is 2.97 bits per heavy atom. The summed E-state index contributed by atoms with van der Waals surface area (Å²) in [6.07, 6.45) is 7.74. The van der Waals surface area contributed by atoms with Crippen molar-refractivity contribution in [1.82, 2.24) is 24.2 Å². The Kier molecular flexibility index (Phi) is 5.39. The maximum atomic E-state index is 13.3. The van der Waals surface area contributed by atoms with Crippen LogP contribution in [0.3, 0.4) is 0 Å². The molecule has 5 rings (SSSR count). The summed E-state index contributed by atoms with van der Waals surface area (Å²) in [6.45, 7) is 3.93. The first kappa shape index (κ1) is 19.5. The standard InChI is InChI=1S/C23H29N5O2/c1-30-14-13-27-22(25-19-8-3-2-7-18(19)23(27)29)21-10-6-11-26(21)16-17-15-24-28-12-5-4-9-20(17)28/h2-3,7-8,15,21H,4-6,9-14,16H2,1H3. The van der Waals surface area contributed by atoms with E-state index in [2.05, 4.69) is 14.7 Å². The second-order valence-electron chi connectivity index (χ2n) is 8.36. The summed E-state index contributed by atoms with van der Waals surface area (Å²) in [4.78, 5) is 20.7. The average Bonchev–Trinajstić information content (AvgIpc) is 3.41. The molecule has 2 aliphatic heterocycles. The van der Waals surface area contributed by atoms with E-state index < -0.39 is 0 Å². The number of hydrogen-bond donors (Lipinski definition) is 0. The lowest BCUT2D eigenvalue weighted by atomic mass is 10.1. The molecule has 0 spiro atoms. The number of rotatable bonds is 6. The average molecular weight is 408 g/mol. The zero-order chi connectivity index (χ0) is 20.5. The van der Waals surface area contributed by atoms with Gasteiger partial charge in [0.2, 0.25) is 0 Å². The maximum absolute atomic E-state index is 13.3. The highest BCUT2D eigenvalue weighted by Gasteiger charge is 2.31. The van der Waals surface area contributed by atoms with Crippen LogP contribution in [0, 0.1) is 0 Å². The lowest BCUT2D eigenvalue weighted by Crippen LogP contribution is -2.33. The summed E-state index contributed by atoms with van der Waals surface area (Å²) in [7, 11) is 1.67. The number of ether oxygens (including phenoxy) is 1. The van der Waals surface area contributed by atoms with E-state index in [1.807, 2.05) is 35.0 Å². The molecule has 158 valence electrons. The smallest absolute Gasteiger partial charge is 0.261 e. The van der Waals surface area contributed by atoms with Crippen molar-refractivity contribution in [1.29, 1.82) is 0 Å². The summed E-state index contributed by atoms with van der Waals surface area (Å²) >= 11 is 0. The summed E-state index contributed by atoms with van der Waals surface area (Å²) in [5.74, 6) is 0.870. The molecular formula is C23H29N5O2. The molecule has 7 nitrogen and oxygen atoms in total. The second kappa shape index (κ2) is 8.32. The van der Waals surface area contributed by atoms with Crippen LogP contribution in [0.25, 0.3) is 10.9 Å². The molecule has 4 heterocycles.